The molecular weight excluding hydrogens is 329 g/mol. The second-order valence-electron chi connectivity index (χ2n) is 4.50. The maximum absolute atomic E-state index is 12.4. The Morgan fingerprint density at radius 2 is 2.00 bits per heavy atom. The number of nitrogens with zero attached hydrogens (tertiary/aromatic N) is 2. The molecule has 116 valence electrons. The number of hydrogen-bond acceptors (Lipinski definition) is 4. The van der Waals surface area contributed by atoms with E-state index in [0.29, 0.717) is 10.7 Å². The van der Waals surface area contributed by atoms with Gasteiger partial charge in [0.1, 0.15) is 0 Å². The number of esters is 1. The third kappa shape index (κ3) is 3.08. The minimum absolute atomic E-state index is 0.145. The van der Waals surface area contributed by atoms with Crippen LogP contribution in [0.3, 0.4) is 0 Å². The SMILES string of the molecule is COC(=O)c1c(NC(=O)c2cc(Cl)ccc2Cl)c(C)nn1C. The lowest BCUT2D eigenvalue weighted by molar-refractivity contribution is 0.0589. The summed E-state index contributed by atoms with van der Waals surface area (Å²) in [6.07, 6.45) is 0. The maximum atomic E-state index is 12.4. The molecule has 1 heterocycles. The molecule has 6 nitrogen and oxygen atoms in total. The van der Waals surface area contributed by atoms with Gasteiger partial charge in [0.2, 0.25) is 0 Å². The average molecular weight is 342 g/mol. The van der Waals surface area contributed by atoms with Crippen LogP contribution in [0.25, 0.3) is 0 Å². The molecule has 0 saturated carbocycles. The fourth-order valence-electron chi connectivity index (χ4n) is 1.99. The Labute approximate surface area is 137 Å². The normalized spacial score (nSPS) is 10.4. The number of rotatable bonds is 3. The first-order valence-corrected chi connectivity index (χ1v) is 6.99. The van der Waals surface area contributed by atoms with Gasteiger partial charge in [-0.25, -0.2) is 4.79 Å². The fourth-order valence-corrected chi connectivity index (χ4v) is 2.37. The second kappa shape index (κ2) is 6.37. The van der Waals surface area contributed by atoms with Crippen LogP contribution in [0.15, 0.2) is 18.2 Å². The number of halogens is 2. The maximum Gasteiger partial charge on any atom is 0.358 e. The van der Waals surface area contributed by atoms with Gasteiger partial charge in [-0.2, -0.15) is 5.10 Å². The van der Waals surface area contributed by atoms with E-state index in [4.69, 9.17) is 27.9 Å². The summed E-state index contributed by atoms with van der Waals surface area (Å²) < 4.78 is 6.05. The van der Waals surface area contributed by atoms with E-state index < -0.39 is 11.9 Å². The van der Waals surface area contributed by atoms with Gasteiger partial charge < -0.3 is 10.1 Å². The van der Waals surface area contributed by atoms with Crippen molar-refractivity contribution in [1.82, 2.24) is 9.78 Å². The molecule has 0 atom stereocenters. The molecule has 0 saturated heterocycles. The number of hydrogen-bond donors (Lipinski definition) is 1. The lowest BCUT2D eigenvalue weighted by atomic mass is 10.2. The van der Waals surface area contributed by atoms with Crippen molar-refractivity contribution in [2.75, 3.05) is 12.4 Å². The predicted octanol–water partition coefficient (Wildman–Crippen LogP) is 3.07. The minimum atomic E-state index is -0.601. The van der Waals surface area contributed by atoms with Crippen LogP contribution in [0.1, 0.15) is 26.5 Å². The number of benzene rings is 1. The van der Waals surface area contributed by atoms with E-state index >= 15 is 0 Å². The van der Waals surface area contributed by atoms with E-state index in [9.17, 15) is 9.59 Å². The highest BCUT2D eigenvalue weighted by Gasteiger charge is 2.23. The van der Waals surface area contributed by atoms with E-state index in [1.807, 2.05) is 0 Å². The molecule has 0 radical (unpaired) electrons. The van der Waals surface area contributed by atoms with Crippen LogP contribution in [0.2, 0.25) is 10.0 Å². The predicted molar refractivity (Wildman–Crippen MR) is 83.7 cm³/mol. The molecule has 1 aromatic carbocycles. The van der Waals surface area contributed by atoms with Crippen molar-refractivity contribution in [3.05, 3.63) is 45.2 Å². The highest BCUT2D eigenvalue weighted by Crippen LogP contribution is 2.25. The van der Waals surface area contributed by atoms with Crippen LogP contribution in [-0.4, -0.2) is 28.8 Å². The molecule has 1 amide bonds. The van der Waals surface area contributed by atoms with Gasteiger partial charge in [0.15, 0.2) is 5.69 Å². The van der Waals surface area contributed by atoms with Crippen LogP contribution >= 0.6 is 23.2 Å². The molecule has 1 N–H and O–H groups in total. The first-order chi connectivity index (χ1) is 10.3. The monoisotopic (exact) mass is 341 g/mol. The highest BCUT2D eigenvalue weighted by molar-refractivity contribution is 6.36. The molecule has 2 aromatic rings. The summed E-state index contributed by atoms with van der Waals surface area (Å²) in [5.41, 5.74) is 1.10. The zero-order valence-electron chi connectivity index (χ0n) is 12.1. The number of anilines is 1. The van der Waals surface area contributed by atoms with E-state index in [2.05, 4.69) is 10.4 Å². The lowest BCUT2D eigenvalue weighted by Gasteiger charge is -2.08. The molecule has 2 rings (SSSR count). The topological polar surface area (TPSA) is 73.2 Å². The number of nitrogens with one attached hydrogen (secondary N) is 1. The van der Waals surface area contributed by atoms with E-state index in [1.54, 1.807) is 20.0 Å². The summed E-state index contributed by atoms with van der Waals surface area (Å²) in [7, 11) is 2.84. The fraction of sp³-hybridized carbons (Fsp3) is 0.214. The Balaban J connectivity index is 2.41. The first-order valence-electron chi connectivity index (χ1n) is 6.23. The third-order valence-corrected chi connectivity index (χ3v) is 3.58. The Hall–Kier alpha value is -2.05. The number of carbonyl (C=O) groups is 2. The summed E-state index contributed by atoms with van der Waals surface area (Å²) in [6.45, 7) is 1.67. The van der Waals surface area contributed by atoms with Crippen LogP contribution in [-0.2, 0) is 11.8 Å². The summed E-state index contributed by atoms with van der Waals surface area (Å²) in [5, 5.41) is 7.37. The van der Waals surface area contributed by atoms with Crippen molar-refractivity contribution >= 4 is 40.8 Å². The largest absolute Gasteiger partial charge is 0.464 e. The molecule has 0 aliphatic carbocycles. The molecule has 0 bridgehead atoms. The molecule has 0 aliphatic heterocycles. The van der Waals surface area contributed by atoms with Crippen molar-refractivity contribution in [3.8, 4) is 0 Å². The number of aryl methyl sites for hydroxylation is 2. The molecule has 8 heteroatoms. The smallest absolute Gasteiger partial charge is 0.358 e. The molecule has 0 unspecified atom stereocenters. The molecule has 0 fully saturated rings. The van der Waals surface area contributed by atoms with Crippen LogP contribution < -0.4 is 5.32 Å². The van der Waals surface area contributed by atoms with Crippen LogP contribution in [0.4, 0.5) is 5.69 Å². The van der Waals surface area contributed by atoms with Gasteiger partial charge in [-0.1, -0.05) is 23.2 Å². The molecule has 0 aliphatic rings. The molecule has 0 spiro atoms. The second-order valence-corrected chi connectivity index (χ2v) is 5.35. The number of carbonyl (C=O) groups excluding carboxylic acids is 2. The summed E-state index contributed by atoms with van der Waals surface area (Å²) >= 11 is 11.9. The standard InChI is InChI=1S/C14H13Cl2N3O3/c1-7-11(12(14(21)22-3)19(2)18-7)17-13(20)9-6-8(15)4-5-10(9)16/h4-6H,1-3H3,(H,17,20). The summed E-state index contributed by atoms with van der Waals surface area (Å²) in [5.74, 6) is -1.09. The summed E-state index contributed by atoms with van der Waals surface area (Å²) in [4.78, 5) is 24.2. The molecule has 1 aromatic heterocycles. The number of methoxy groups -OCH3 is 1. The van der Waals surface area contributed by atoms with E-state index in [0.717, 1.165) is 0 Å². The van der Waals surface area contributed by atoms with Gasteiger partial charge in [-0.3, -0.25) is 9.48 Å². The van der Waals surface area contributed by atoms with Gasteiger partial charge >= 0.3 is 5.97 Å². The third-order valence-electron chi connectivity index (χ3n) is 3.01. The zero-order chi connectivity index (χ0) is 16.4. The van der Waals surface area contributed by atoms with Gasteiger partial charge in [0.25, 0.3) is 5.91 Å². The minimum Gasteiger partial charge on any atom is -0.464 e. The van der Waals surface area contributed by atoms with Gasteiger partial charge in [0, 0.05) is 12.1 Å². The van der Waals surface area contributed by atoms with Crippen molar-refractivity contribution < 1.29 is 14.3 Å². The van der Waals surface area contributed by atoms with Crippen molar-refractivity contribution in [3.63, 3.8) is 0 Å². The lowest BCUT2D eigenvalue weighted by Crippen LogP contribution is -2.17. The first kappa shape index (κ1) is 16.3. The molecule has 22 heavy (non-hydrogen) atoms. The quantitative estimate of drug-likeness (QED) is 0.870. The zero-order valence-corrected chi connectivity index (χ0v) is 13.6. The van der Waals surface area contributed by atoms with Crippen molar-refractivity contribution in [2.45, 2.75) is 6.92 Å². The number of aromatic nitrogens is 2. The van der Waals surface area contributed by atoms with Gasteiger partial charge in [-0.05, 0) is 25.1 Å². The molecular formula is C14H13Cl2N3O3. The summed E-state index contributed by atoms with van der Waals surface area (Å²) in [6, 6.07) is 4.55. The van der Waals surface area contributed by atoms with E-state index in [-0.39, 0.29) is 22.0 Å². The van der Waals surface area contributed by atoms with Crippen molar-refractivity contribution in [1.29, 1.82) is 0 Å². The van der Waals surface area contributed by atoms with Crippen LogP contribution in [0, 0.1) is 6.92 Å². The van der Waals surface area contributed by atoms with E-state index in [1.165, 1.54) is 23.9 Å². The Morgan fingerprint density at radius 3 is 2.64 bits per heavy atom. The Kier molecular flexibility index (Phi) is 4.73. The Bertz CT molecular complexity index is 756. The average Bonchev–Trinajstić information content (AvgIpc) is 2.75. The highest BCUT2D eigenvalue weighted by atomic mass is 35.5. The van der Waals surface area contributed by atoms with Gasteiger partial charge in [0.05, 0.1) is 29.1 Å². The van der Waals surface area contributed by atoms with Crippen molar-refractivity contribution in [2.24, 2.45) is 7.05 Å². The van der Waals surface area contributed by atoms with Crippen LogP contribution in [0.5, 0.6) is 0 Å². The number of ether oxygens (including phenoxy) is 1. The Morgan fingerprint density at radius 1 is 1.32 bits per heavy atom. The number of amides is 1. The van der Waals surface area contributed by atoms with Gasteiger partial charge in [-0.15, -0.1) is 0 Å².